The molecule has 0 N–H and O–H groups in total. The highest BCUT2D eigenvalue weighted by Gasteiger charge is 2.25. The quantitative estimate of drug-likeness (QED) is 0.517. The van der Waals surface area contributed by atoms with E-state index < -0.39 is 0 Å². The van der Waals surface area contributed by atoms with Crippen LogP contribution in [0, 0.1) is 7.05 Å². The van der Waals surface area contributed by atoms with Gasteiger partial charge in [-0.05, 0) is 45.4 Å². The number of likely N-dealkylation sites (tertiary alicyclic amines) is 2. The molecule has 0 atom stereocenters. The predicted octanol–water partition coefficient (Wildman–Crippen LogP) is 0.948. The lowest BCUT2D eigenvalue weighted by Crippen LogP contribution is -2.49. The van der Waals surface area contributed by atoms with Gasteiger partial charge in [0.15, 0.2) is 0 Å². The first-order valence-corrected chi connectivity index (χ1v) is 4.66. The van der Waals surface area contributed by atoms with Gasteiger partial charge in [-0.15, -0.1) is 0 Å². The van der Waals surface area contributed by atoms with E-state index in [9.17, 15) is 0 Å². The maximum atomic E-state index is 3.95. The van der Waals surface area contributed by atoms with Gasteiger partial charge in [-0.2, -0.15) is 0 Å². The molecule has 0 aromatic heterocycles. The van der Waals surface area contributed by atoms with Crippen molar-refractivity contribution in [1.82, 2.24) is 9.80 Å². The molecule has 2 saturated heterocycles. The zero-order valence-corrected chi connectivity index (χ0v) is 7.13. The summed E-state index contributed by atoms with van der Waals surface area (Å²) in [7, 11) is 3.95. The molecule has 2 nitrogen and oxygen atoms in total. The maximum absolute atomic E-state index is 3.95. The van der Waals surface area contributed by atoms with E-state index in [1.807, 2.05) is 0 Å². The number of nitrogens with zero attached hydrogens (tertiary/aromatic N) is 2. The van der Waals surface area contributed by atoms with Gasteiger partial charge in [-0.25, -0.2) is 0 Å². The molecule has 64 valence electrons. The van der Waals surface area contributed by atoms with E-state index in [1.54, 1.807) is 0 Å². The van der Waals surface area contributed by atoms with Crippen LogP contribution in [0.15, 0.2) is 0 Å². The normalized spacial score (nSPS) is 30.3. The minimum atomic E-state index is 0.891. The van der Waals surface area contributed by atoms with Crippen LogP contribution in [0.2, 0.25) is 0 Å². The molecule has 0 aliphatic carbocycles. The molecular weight excluding hydrogens is 136 g/mol. The van der Waals surface area contributed by atoms with Crippen LogP contribution >= 0.6 is 0 Å². The molecule has 11 heavy (non-hydrogen) atoms. The number of rotatable bonds is 1. The molecule has 0 spiro atoms. The van der Waals surface area contributed by atoms with Gasteiger partial charge < -0.3 is 9.80 Å². The molecular formula is C9H17N2-. The minimum absolute atomic E-state index is 0.891. The zero-order valence-electron chi connectivity index (χ0n) is 7.13. The Bertz CT molecular complexity index is 124. The van der Waals surface area contributed by atoms with Crippen LogP contribution in [-0.2, 0) is 0 Å². The SMILES string of the molecule is [CH2-]N1CCC(N2CCC2)CC1. The van der Waals surface area contributed by atoms with E-state index in [1.165, 1.54) is 45.4 Å². The Balaban J connectivity index is 1.77. The Morgan fingerprint density at radius 3 is 2.09 bits per heavy atom. The third kappa shape index (κ3) is 1.57. The highest BCUT2D eigenvalue weighted by atomic mass is 15.2. The Labute approximate surface area is 69.2 Å². The predicted molar refractivity (Wildman–Crippen MR) is 46.1 cm³/mol. The molecule has 0 radical (unpaired) electrons. The molecule has 2 rings (SSSR count). The Kier molecular flexibility index (Phi) is 2.14. The Morgan fingerprint density at radius 1 is 1.00 bits per heavy atom. The van der Waals surface area contributed by atoms with Crippen molar-refractivity contribution in [1.29, 1.82) is 0 Å². The van der Waals surface area contributed by atoms with Crippen LogP contribution in [0.4, 0.5) is 0 Å². The molecule has 2 aliphatic rings. The lowest BCUT2D eigenvalue weighted by molar-refractivity contribution is 0.0747. The van der Waals surface area contributed by atoms with Gasteiger partial charge in [0.25, 0.3) is 0 Å². The molecule has 0 bridgehead atoms. The first-order valence-electron chi connectivity index (χ1n) is 4.66. The molecule has 0 saturated carbocycles. The molecule has 0 aromatic carbocycles. The molecule has 0 unspecified atom stereocenters. The number of hydrogen-bond acceptors (Lipinski definition) is 2. The summed E-state index contributed by atoms with van der Waals surface area (Å²) in [5.41, 5.74) is 0. The molecule has 0 aromatic rings. The van der Waals surface area contributed by atoms with E-state index in [2.05, 4.69) is 16.8 Å². The van der Waals surface area contributed by atoms with E-state index in [0.717, 1.165) is 6.04 Å². The van der Waals surface area contributed by atoms with Crippen molar-refractivity contribution in [3.63, 3.8) is 0 Å². The lowest BCUT2D eigenvalue weighted by Gasteiger charge is -2.44. The van der Waals surface area contributed by atoms with E-state index in [4.69, 9.17) is 0 Å². The Morgan fingerprint density at radius 2 is 1.64 bits per heavy atom. The minimum Gasteiger partial charge on any atom is -0.459 e. The van der Waals surface area contributed by atoms with E-state index in [-0.39, 0.29) is 0 Å². The Hall–Kier alpha value is -0.0800. The molecule has 0 amide bonds. The van der Waals surface area contributed by atoms with Gasteiger partial charge in [0, 0.05) is 6.04 Å². The molecule has 2 heteroatoms. The van der Waals surface area contributed by atoms with Crippen LogP contribution in [0.5, 0.6) is 0 Å². The average Bonchev–Trinajstić information content (AvgIpc) is 1.90. The van der Waals surface area contributed by atoms with Crippen molar-refractivity contribution in [2.24, 2.45) is 0 Å². The summed E-state index contributed by atoms with van der Waals surface area (Å²) in [4.78, 5) is 4.81. The van der Waals surface area contributed by atoms with Gasteiger partial charge in [-0.3, -0.25) is 7.05 Å². The van der Waals surface area contributed by atoms with Gasteiger partial charge in [0.1, 0.15) is 0 Å². The first-order chi connectivity index (χ1) is 5.36. The summed E-state index contributed by atoms with van der Waals surface area (Å²) in [5, 5.41) is 0. The smallest absolute Gasteiger partial charge is 0.0118 e. The third-order valence-electron chi connectivity index (χ3n) is 2.96. The summed E-state index contributed by atoms with van der Waals surface area (Å²) >= 11 is 0. The summed E-state index contributed by atoms with van der Waals surface area (Å²) in [6.45, 7) is 5.09. The zero-order chi connectivity index (χ0) is 7.68. The van der Waals surface area contributed by atoms with Crippen molar-refractivity contribution >= 4 is 0 Å². The lowest BCUT2D eigenvalue weighted by atomic mass is 10.0. The van der Waals surface area contributed by atoms with Crippen LogP contribution < -0.4 is 0 Å². The molecule has 2 heterocycles. The molecule has 2 aliphatic heterocycles. The van der Waals surface area contributed by atoms with Crippen LogP contribution in [0.25, 0.3) is 0 Å². The largest absolute Gasteiger partial charge is 0.459 e. The second kappa shape index (κ2) is 3.11. The summed E-state index contributed by atoms with van der Waals surface area (Å²) in [5.74, 6) is 0. The van der Waals surface area contributed by atoms with Crippen molar-refractivity contribution in [2.75, 3.05) is 26.2 Å². The van der Waals surface area contributed by atoms with Crippen molar-refractivity contribution in [3.05, 3.63) is 7.05 Å². The third-order valence-corrected chi connectivity index (χ3v) is 2.96. The fraction of sp³-hybridized carbons (Fsp3) is 0.889. The fourth-order valence-electron chi connectivity index (χ4n) is 1.99. The topological polar surface area (TPSA) is 6.48 Å². The maximum Gasteiger partial charge on any atom is 0.0118 e. The van der Waals surface area contributed by atoms with Gasteiger partial charge in [0.2, 0.25) is 0 Å². The van der Waals surface area contributed by atoms with Gasteiger partial charge in [0.05, 0.1) is 0 Å². The van der Waals surface area contributed by atoms with Crippen LogP contribution in [0.1, 0.15) is 19.3 Å². The number of hydrogen-bond donors (Lipinski definition) is 0. The molecule has 2 fully saturated rings. The van der Waals surface area contributed by atoms with Crippen molar-refractivity contribution < 1.29 is 0 Å². The van der Waals surface area contributed by atoms with Gasteiger partial charge in [-0.1, -0.05) is 0 Å². The summed E-state index contributed by atoms with van der Waals surface area (Å²) in [6.07, 6.45) is 4.09. The average molecular weight is 153 g/mol. The first kappa shape index (κ1) is 7.56. The highest BCUT2D eigenvalue weighted by Crippen LogP contribution is 2.20. The van der Waals surface area contributed by atoms with E-state index in [0.29, 0.717) is 0 Å². The highest BCUT2D eigenvalue weighted by molar-refractivity contribution is 4.83. The van der Waals surface area contributed by atoms with Gasteiger partial charge >= 0.3 is 0 Å². The fourth-order valence-corrected chi connectivity index (χ4v) is 1.99. The monoisotopic (exact) mass is 153 g/mol. The van der Waals surface area contributed by atoms with Crippen molar-refractivity contribution in [2.45, 2.75) is 25.3 Å². The summed E-state index contributed by atoms with van der Waals surface area (Å²) < 4.78 is 0. The van der Waals surface area contributed by atoms with E-state index >= 15 is 0 Å². The number of piperidine rings is 1. The van der Waals surface area contributed by atoms with Crippen LogP contribution in [-0.4, -0.2) is 42.0 Å². The van der Waals surface area contributed by atoms with Crippen LogP contribution in [0.3, 0.4) is 0 Å². The second-order valence-corrected chi connectivity index (χ2v) is 3.74. The van der Waals surface area contributed by atoms with Crippen molar-refractivity contribution in [3.8, 4) is 0 Å². The summed E-state index contributed by atoms with van der Waals surface area (Å²) in [6, 6.07) is 0.891. The second-order valence-electron chi connectivity index (χ2n) is 3.74. The standard InChI is InChI=1S/C9H17N2/c1-10-7-3-9(4-8-10)11-5-2-6-11/h9H,1-8H2/q-1.